The summed E-state index contributed by atoms with van der Waals surface area (Å²) < 4.78 is 12.9. The topological polar surface area (TPSA) is 37.4 Å². The molecule has 1 amide bonds. The van der Waals surface area contributed by atoms with Gasteiger partial charge in [0, 0.05) is 13.0 Å². The lowest BCUT2D eigenvalue weighted by Gasteiger charge is -2.25. The number of hydrogen-bond acceptors (Lipinski definition) is 2. The fraction of sp³-hybridized carbons (Fsp3) is 0.467. The molecule has 0 aliphatic carbocycles. The highest BCUT2D eigenvalue weighted by molar-refractivity contribution is 5.84. The second-order valence-corrected chi connectivity index (χ2v) is 5.39. The van der Waals surface area contributed by atoms with Crippen molar-refractivity contribution in [2.24, 2.45) is 11.8 Å². The predicted octanol–water partition coefficient (Wildman–Crippen LogP) is 2.40. The fourth-order valence-corrected chi connectivity index (χ4v) is 2.62. The van der Waals surface area contributed by atoms with Crippen molar-refractivity contribution in [1.29, 1.82) is 0 Å². The van der Waals surface area contributed by atoms with Crippen LogP contribution in [0.1, 0.15) is 25.8 Å². The van der Waals surface area contributed by atoms with E-state index in [-0.39, 0.29) is 29.6 Å². The van der Waals surface area contributed by atoms with Crippen molar-refractivity contribution in [3.63, 3.8) is 0 Å². The molecular weight excluding hydrogens is 245 g/mol. The summed E-state index contributed by atoms with van der Waals surface area (Å²) in [6.45, 7) is 4.41. The van der Waals surface area contributed by atoms with Crippen LogP contribution < -0.4 is 0 Å². The fourth-order valence-electron chi connectivity index (χ4n) is 2.62. The van der Waals surface area contributed by atoms with Crippen molar-refractivity contribution in [2.75, 3.05) is 0 Å². The smallest absolute Gasteiger partial charge is 0.223 e. The summed E-state index contributed by atoms with van der Waals surface area (Å²) >= 11 is 0. The Morgan fingerprint density at radius 3 is 2.53 bits per heavy atom. The number of benzene rings is 1. The average Bonchev–Trinajstić information content (AvgIpc) is 2.69. The lowest BCUT2D eigenvalue weighted by atomic mass is 9.89. The van der Waals surface area contributed by atoms with E-state index in [0.717, 1.165) is 11.8 Å². The molecule has 1 aromatic carbocycles. The molecule has 1 aliphatic rings. The third-order valence-corrected chi connectivity index (χ3v) is 3.79. The number of carbonyl (C=O) groups excluding carboxylic acids is 2. The van der Waals surface area contributed by atoms with Gasteiger partial charge in [0.25, 0.3) is 0 Å². The third kappa shape index (κ3) is 2.83. The van der Waals surface area contributed by atoms with Gasteiger partial charge in [-0.2, -0.15) is 0 Å². The van der Waals surface area contributed by atoms with Crippen molar-refractivity contribution in [3.05, 3.63) is 35.6 Å². The second kappa shape index (κ2) is 5.51. The van der Waals surface area contributed by atoms with Gasteiger partial charge in [-0.15, -0.1) is 0 Å². The zero-order chi connectivity index (χ0) is 14.0. The van der Waals surface area contributed by atoms with E-state index in [1.54, 1.807) is 17.0 Å². The number of aldehydes is 1. The molecule has 2 atom stereocenters. The lowest BCUT2D eigenvalue weighted by molar-refractivity contribution is -0.131. The number of hydrogen-bond donors (Lipinski definition) is 0. The molecule has 3 nitrogen and oxygen atoms in total. The Morgan fingerprint density at radius 2 is 2.00 bits per heavy atom. The molecule has 1 aromatic rings. The zero-order valence-corrected chi connectivity index (χ0v) is 11.2. The van der Waals surface area contributed by atoms with Crippen LogP contribution >= 0.6 is 0 Å². The first-order valence-electron chi connectivity index (χ1n) is 6.52. The molecule has 0 bridgehead atoms. The Morgan fingerprint density at radius 1 is 1.37 bits per heavy atom. The molecular formula is C15H18FNO2. The highest BCUT2D eigenvalue weighted by Crippen LogP contribution is 2.31. The van der Waals surface area contributed by atoms with Gasteiger partial charge in [0.15, 0.2) is 0 Å². The molecule has 0 spiro atoms. The van der Waals surface area contributed by atoms with E-state index in [1.807, 2.05) is 13.8 Å². The van der Waals surface area contributed by atoms with Crippen LogP contribution in [-0.4, -0.2) is 23.1 Å². The van der Waals surface area contributed by atoms with E-state index < -0.39 is 0 Å². The lowest BCUT2D eigenvalue weighted by Crippen LogP contribution is -2.37. The summed E-state index contributed by atoms with van der Waals surface area (Å²) in [6.07, 6.45) is 1.28. The Hall–Kier alpha value is -1.71. The number of likely N-dealkylation sites (tertiary alicyclic amines) is 1. The van der Waals surface area contributed by atoms with Crippen LogP contribution in [-0.2, 0) is 16.1 Å². The molecule has 1 aliphatic heterocycles. The van der Waals surface area contributed by atoms with E-state index in [0.29, 0.717) is 13.0 Å². The maximum absolute atomic E-state index is 12.9. The van der Waals surface area contributed by atoms with Gasteiger partial charge in [-0.1, -0.05) is 26.0 Å². The van der Waals surface area contributed by atoms with Crippen molar-refractivity contribution >= 4 is 12.2 Å². The Bertz CT molecular complexity index is 470. The monoisotopic (exact) mass is 263 g/mol. The van der Waals surface area contributed by atoms with E-state index in [4.69, 9.17) is 0 Å². The SMILES string of the molecule is CC(C)[C@H]1CC(=O)N(Cc2ccc(F)cc2)[C@@H]1C=O. The normalized spacial score (nSPS) is 23.2. The minimum Gasteiger partial charge on any atom is -0.328 e. The number of carbonyl (C=O) groups is 2. The highest BCUT2D eigenvalue weighted by Gasteiger charge is 2.40. The molecule has 1 heterocycles. The predicted molar refractivity (Wildman–Crippen MR) is 69.7 cm³/mol. The van der Waals surface area contributed by atoms with Gasteiger partial charge in [-0.3, -0.25) is 4.79 Å². The molecule has 1 saturated heterocycles. The minimum atomic E-state index is -0.363. The van der Waals surface area contributed by atoms with E-state index in [1.165, 1.54) is 12.1 Å². The molecule has 102 valence electrons. The van der Waals surface area contributed by atoms with Crippen LogP contribution in [0.25, 0.3) is 0 Å². The minimum absolute atomic E-state index is 0.000116. The zero-order valence-electron chi connectivity index (χ0n) is 11.2. The molecule has 0 saturated carbocycles. The van der Waals surface area contributed by atoms with Gasteiger partial charge in [0.2, 0.25) is 5.91 Å². The van der Waals surface area contributed by atoms with Crippen LogP contribution in [0.2, 0.25) is 0 Å². The third-order valence-electron chi connectivity index (χ3n) is 3.79. The largest absolute Gasteiger partial charge is 0.328 e. The van der Waals surface area contributed by atoms with Crippen molar-refractivity contribution in [2.45, 2.75) is 32.9 Å². The van der Waals surface area contributed by atoms with Gasteiger partial charge >= 0.3 is 0 Å². The van der Waals surface area contributed by atoms with Crippen LogP contribution in [0.4, 0.5) is 4.39 Å². The second-order valence-electron chi connectivity index (χ2n) is 5.39. The van der Waals surface area contributed by atoms with Gasteiger partial charge in [-0.05, 0) is 29.5 Å². The van der Waals surface area contributed by atoms with Crippen molar-refractivity contribution in [3.8, 4) is 0 Å². The maximum atomic E-state index is 12.9. The van der Waals surface area contributed by atoms with E-state index in [9.17, 15) is 14.0 Å². The Labute approximate surface area is 112 Å². The standard InChI is InChI=1S/C15H18FNO2/c1-10(2)13-7-15(19)17(14(13)9-18)8-11-3-5-12(16)6-4-11/h3-6,9-10,13-14H,7-8H2,1-2H3/t13-,14-/m1/s1. The first kappa shape index (κ1) is 13.7. The van der Waals surface area contributed by atoms with Gasteiger partial charge in [0.05, 0.1) is 6.04 Å². The summed E-state index contributed by atoms with van der Waals surface area (Å²) in [5, 5.41) is 0. The molecule has 0 N–H and O–H groups in total. The quantitative estimate of drug-likeness (QED) is 0.782. The van der Waals surface area contributed by atoms with Crippen molar-refractivity contribution in [1.82, 2.24) is 4.90 Å². The number of amides is 1. The van der Waals surface area contributed by atoms with Gasteiger partial charge < -0.3 is 9.69 Å². The first-order valence-corrected chi connectivity index (χ1v) is 6.52. The summed E-state index contributed by atoms with van der Waals surface area (Å²) in [7, 11) is 0. The number of rotatable bonds is 4. The highest BCUT2D eigenvalue weighted by atomic mass is 19.1. The van der Waals surface area contributed by atoms with Crippen LogP contribution in [0.3, 0.4) is 0 Å². The molecule has 4 heteroatoms. The Balaban J connectivity index is 2.16. The molecule has 0 radical (unpaired) electrons. The average molecular weight is 263 g/mol. The van der Waals surface area contributed by atoms with Crippen LogP contribution in [0.5, 0.6) is 0 Å². The molecule has 19 heavy (non-hydrogen) atoms. The maximum Gasteiger partial charge on any atom is 0.223 e. The first-order chi connectivity index (χ1) is 9.02. The summed E-state index contributed by atoms with van der Waals surface area (Å²) in [5.74, 6) is 0.0615. The number of nitrogens with zero attached hydrogens (tertiary/aromatic N) is 1. The van der Waals surface area contributed by atoms with Crippen LogP contribution in [0.15, 0.2) is 24.3 Å². The molecule has 2 rings (SSSR count). The summed E-state index contributed by atoms with van der Waals surface area (Å²) in [6, 6.07) is 5.66. The molecule has 1 fully saturated rings. The van der Waals surface area contributed by atoms with Gasteiger partial charge in [-0.25, -0.2) is 4.39 Å². The molecule has 0 unspecified atom stereocenters. The van der Waals surface area contributed by atoms with E-state index in [2.05, 4.69) is 0 Å². The summed E-state index contributed by atoms with van der Waals surface area (Å²) in [5.41, 5.74) is 0.839. The van der Waals surface area contributed by atoms with E-state index >= 15 is 0 Å². The molecule has 0 aromatic heterocycles. The van der Waals surface area contributed by atoms with Gasteiger partial charge in [0.1, 0.15) is 12.1 Å². The Kier molecular flexibility index (Phi) is 3.98. The van der Waals surface area contributed by atoms with Crippen LogP contribution in [0, 0.1) is 17.7 Å². The van der Waals surface area contributed by atoms with Crippen molar-refractivity contribution < 1.29 is 14.0 Å². The number of halogens is 1. The summed E-state index contributed by atoms with van der Waals surface area (Å²) in [4.78, 5) is 24.9.